The predicted molar refractivity (Wildman–Crippen MR) is 67.5 cm³/mol. The summed E-state index contributed by atoms with van der Waals surface area (Å²) < 4.78 is 7.68. The Morgan fingerprint density at radius 3 is 2.72 bits per heavy atom. The molecule has 6 nitrogen and oxygen atoms in total. The van der Waals surface area contributed by atoms with Gasteiger partial charge in [0.05, 0.1) is 12.8 Å². The smallest absolute Gasteiger partial charge is 0.332 e. The topological polar surface area (TPSA) is 83.2 Å². The molecule has 6 heteroatoms. The van der Waals surface area contributed by atoms with Gasteiger partial charge in [-0.05, 0) is 18.6 Å². The summed E-state index contributed by atoms with van der Waals surface area (Å²) in [5.74, 6) is 0.763. The van der Waals surface area contributed by atoms with Crippen LogP contribution in [0.15, 0.2) is 38.5 Å². The molecule has 0 atom stereocenters. The van der Waals surface area contributed by atoms with Gasteiger partial charge in [0.1, 0.15) is 11.6 Å². The highest BCUT2D eigenvalue weighted by atomic mass is 16.3. The van der Waals surface area contributed by atoms with Crippen molar-refractivity contribution in [3.05, 3.63) is 51.1 Å². The number of aromatic nitrogens is 2. The van der Waals surface area contributed by atoms with Gasteiger partial charge in [-0.3, -0.25) is 13.9 Å². The van der Waals surface area contributed by atoms with Crippen LogP contribution in [0.1, 0.15) is 19.1 Å². The van der Waals surface area contributed by atoms with Gasteiger partial charge in [0.25, 0.3) is 5.56 Å². The molecule has 0 unspecified atom stereocenters. The molecule has 0 aromatic carbocycles. The van der Waals surface area contributed by atoms with Crippen LogP contribution in [0, 0.1) is 0 Å². The first-order valence-corrected chi connectivity index (χ1v) is 5.76. The molecule has 0 radical (unpaired) electrons. The monoisotopic (exact) mass is 249 g/mol. The molecular formula is C12H15N3O3. The van der Waals surface area contributed by atoms with E-state index in [4.69, 9.17) is 10.2 Å². The van der Waals surface area contributed by atoms with E-state index in [0.29, 0.717) is 18.7 Å². The highest BCUT2D eigenvalue weighted by molar-refractivity contribution is 5.27. The SMILES string of the molecule is CCCn1c(=O)cc(N)n(Cc2ccco2)c1=O. The predicted octanol–water partition coefficient (Wildman–Crippen LogP) is 0.643. The Morgan fingerprint density at radius 2 is 2.11 bits per heavy atom. The molecule has 96 valence electrons. The van der Waals surface area contributed by atoms with Crippen LogP contribution in [-0.4, -0.2) is 9.13 Å². The van der Waals surface area contributed by atoms with E-state index in [1.807, 2.05) is 6.92 Å². The molecule has 2 aromatic heterocycles. The van der Waals surface area contributed by atoms with Crippen molar-refractivity contribution in [3.63, 3.8) is 0 Å². The molecule has 0 saturated heterocycles. The first kappa shape index (κ1) is 12.2. The Hall–Kier alpha value is -2.24. The third-order valence-electron chi connectivity index (χ3n) is 2.65. The van der Waals surface area contributed by atoms with E-state index in [1.165, 1.54) is 21.5 Å². The summed E-state index contributed by atoms with van der Waals surface area (Å²) in [6, 6.07) is 4.75. The van der Waals surface area contributed by atoms with E-state index < -0.39 is 5.69 Å². The largest absolute Gasteiger partial charge is 0.467 e. The second-order valence-electron chi connectivity index (χ2n) is 4.01. The Labute approximate surface area is 103 Å². The summed E-state index contributed by atoms with van der Waals surface area (Å²) in [5, 5.41) is 0. The fourth-order valence-electron chi connectivity index (χ4n) is 1.78. The van der Waals surface area contributed by atoms with Crippen LogP contribution in [0.2, 0.25) is 0 Å². The van der Waals surface area contributed by atoms with Crippen molar-refractivity contribution >= 4 is 5.82 Å². The van der Waals surface area contributed by atoms with E-state index in [1.54, 1.807) is 12.1 Å². The number of furan rings is 1. The Balaban J connectivity index is 2.50. The average Bonchev–Trinajstić information content (AvgIpc) is 2.83. The van der Waals surface area contributed by atoms with Crippen molar-refractivity contribution in [2.75, 3.05) is 5.73 Å². The molecule has 0 aliphatic rings. The van der Waals surface area contributed by atoms with Gasteiger partial charge in [-0.1, -0.05) is 6.92 Å². The molecular weight excluding hydrogens is 234 g/mol. The van der Waals surface area contributed by atoms with E-state index in [2.05, 4.69) is 0 Å². The Morgan fingerprint density at radius 1 is 1.33 bits per heavy atom. The van der Waals surface area contributed by atoms with Crippen molar-refractivity contribution in [3.8, 4) is 0 Å². The molecule has 0 bridgehead atoms. The summed E-state index contributed by atoms with van der Waals surface area (Å²) >= 11 is 0. The molecule has 18 heavy (non-hydrogen) atoms. The van der Waals surface area contributed by atoms with E-state index in [9.17, 15) is 9.59 Å². The minimum atomic E-state index is -0.404. The van der Waals surface area contributed by atoms with Gasteiger partial charge in [-0.2, -0.15) is 0 Å². The maximum absolute atomic E-state index is 12.1. The molecule has 0 spiro atoms. The molecule has 0 saturated carbocycles. The summed E-state index contributed by atoms with van der Waals surface area (Å²) in [7, 11) is 0. The lowest BCUT2D eigenvalue weighted by Crippen LogP contribution is -2.40. The summed E-state index contributed by atoms with van der Waals surface area (Å²) in [6.07, 6.45) is 2.23. The Bertz CT molecular complexity index is 638. The van der Waals surface area contributed by atoms with Crippen LogP contribution >= 0.6 is 0 Å². The van der Waals surface area contributed by atoms with Gasteiger partial charge < -0.3 is 10.2 Å². The number of rotatable bonds is 4. The number of nitrogens with two attached hydrogens (primary N) is 1. The lowest BCUT2D eigenvalue weighted by atomic mass is 10.4. The standard InChI is InChI=1S/C12H15N3O3/c1-2-5-14-11(16)7-10(13)15(12(14)17)8-9-4-3-6-18-9/h3-4,6-7H,2,5,8,13H2,1H3. The molecule has 2 heterocycles. The second kappa shape index (κ2) is 4.95. The van der Waals surface area contributed by atoms with Crippen molar-refractivity contribution in [1.29, 1.82) is 0 Å². The summed E-state index contributed by atoms with van der Waals surface area (Å²) in [4.78, 5) is 23.8. The quantitative estimate of drug-likeness (QED) is 0.862. The lowest BCUT2D eigenvalue weighted by Gasteiger charge is -2.11. The van der Waals surface area contributed by atoms with Gasteiger partial charge in [0, 0.05) is 12.6 Å². The van der Waals surface area contributed by atoms with Crippen LogP contribution in [0.5, 0.6) is 0 Å². The van der Waals surface area contributed by atoms with Crippen LogP contribution in [0.4, 0.5) is 5.82 Å². The van der Waals surface area contributed by atoms with Crippen LogP contribution < -0.4 is 17.0 Å². The van der Waals surface area contributed by atoms with Gasteiger partial charge >= 0.3 is 5.69 Å². The fourth-order valence-corrected chi connectivity index (χ4v) is 1.78. The zero-order valence-corrected chi connectivity index (χ0v) is 10.1. The normalized spacial score (nSPS) is 10.7. The number of anilines is 1. The highest BCUT2D eigenvalue weighted by Crippen LogP contribution is 2.04. The maximum atomic E-state index is 12.1. The molecule has 2 aromatic rings. The first-order valence-electron chi connectivity index (χ1n) is 5.76. The maximum Gasteiger partial charge on any atom is 0.332 e. The van der Waals surface area contributed by atoms with Gasteiger partial charge in [-0.15, -0.1) is 0 Å². The van der Waals surface area contributed by atoms with Crippen LogP contribution in [-0.2, 0) is 13.1 Å². The van der Waals surface area contributed by atoms with Crippen molar-refractivity contribution in [1.82, 2.24) is 9.13 Å². The molecule has 0 aliphatic carbocycles. The van der Waals surface area contributed by atoms with Gasteiger partial charge in [0.15, 0.2) is 0 Å². The van der Waals surface area contributed by atoms with E-state index in [0.717, 1.165) is 0 Å². The van der Waals surface area contributed by atoms with Crippen LogP contribution in [0.3, 0.4) is 0 Å². The molecule has 2 N–H and O–H groups in total. The number of nitrogens with zero attached hydrogens (tertiary/aromatic N) is 2. The summed E-state index contributed by atoms with van der Waals surface area (Å²) in [5.41, 5.74) is 4.94. The molecule has 0 amide bonds. The molecule has 2 rings (SSSR count). The third kappa shape index (κ3) is 2.22. The third-order valence-corrected chi connectivity index (χ3v) is 2.65. The first-order chi connectivity index (χ1) is 8.63. The highest BCUT2D eigenvalue weighted by Gasteiger charge is 2.10. The number of nitrogen functional groups attached to an aromatic ring is 1. The number of hydrogen-bond acceptors (Lipinski definition) is 4. The second-order valence-corrected chi connectivity index (χ2v) is 4.01. The fraction of sp³-hybridized carbons (Fsp3) is 0.333. The number of hydrogen-bond donors (Lipinski definition) is 1. The Kier molecular flexibility index (Phi) is 3.36. The van der Waals surface area contributed by atoms with Crippen molar-refractivity contribution in [2.24, 2.45) is 0 Å². The minimum Gasteiger partial charge on any atom is -0.467 e. The van der Waals surface area contributed by atoms with Crippen molar-refractivity contribution < 1.29 is 4.42 Å². The minimum absolute atomic E-state index is 0.147. The molecule has 0 aliphatic heterocycles. The summed E-state index contributed by atoms with van der Waals surface area (Å²) in [6.45, 7) is 2.51. The lowest BCUT2D eigenvalue weighted by molar-refractivity contribution is 0.478. The zero-order chi connectivity index (χ0) is 13.1. The molecule has 0 fully saturated rings. The van der Waals surface area contributed by atoms with E-state index >= 15 is 0 Å². The van der Waals surface area contributed by atoms with Gasteiger partial charge in [0.2, 0.25) is 0 Å². The van der Waals surface area contributed by atoms with Crippen LogP contribution in [0.25, 0.3) is 0 Å². The van der Waals surface area contributed by atoms with E-state index in [-0.39, 0.29) is 17.9 Å². The average molecular weight is 249 g/mol. The zero-order valence-electron chi connectivity index (χ0n) is 10.1. The van der Waals surface area contributed by atoms with Crippen molar-refractivity contribution in [2.45, 2.75) is 26.4 Å². The van der Waals surface area contributed by atoms with Gasteiger partial charge in [-0.25, -0.2) is 4.79 Å².